The molecule has 0 radical (unpaired) electrons. The first-order chi connectivity index (χ1) is 10.4. The molecular formula is C16H17N3OS. The molecule has 0 fully saturated rings. The molecule has 0 aliphatic rings. The van der Waals surface area contributed by atoms with Crippen LogP contribution in [0.25, 0.3) is 10.2 Å². The highest BCUT2D eigenvalue weighted by atomic mass is 32.1. The number of aromatic nitrogens is 2. The molecule has 0 aliphatic carbocycles. The molecule has 3 rings (SSSR count). The van der Waals surface area contributed by atoms with Crippen molar-refractivity contribution in [1.82, 2.24) is 9.97 Å². The van der Waals surface area contributed by atoms with Gasteiger partial charge in [0.2, 0.25) is 0 Å². The molecule has 5 heteroatoms. The highest BCUT2D eigenvalue weighted by Crippen LogP contribution is 2.24. The Bertz CT molecular complexity index is 709. The maximum absolute atomic E-state index is 5.44. The van der Waals surface area contributed by atoms with E-state index in [0.717, 1.165) is 34.7 Å². The number of thiophene rings is 1. The number of anilines is 1. The number of hydrogen-bond acceptors (Lipinski definition) is 5. The van der Waals surface area contributed by atoms with Crippen molar-refractivity contribution in [2.45, 2.75) is 13.3 Å². The fourth-order valence-electron chi connectivity index (χ4n) is 2.16. The quantitative estimate of drug-likeness (QED) is 0.753. The molecular weight excluding hydrogens is 282 g/mol. The Morgan fingerprint density at radius 2 is 2.00 bits per heavy atom. The van der Waals surface area contributed by atoms with E-state index in [4.69, 9.17) is 4.74 Å². The van der Waals surface area contributed by atoms with Gasteiger partial charge in [-0.3, -0.25) is 0 Å². The van der Waals surface area contributed by atoms with Crippen LogP contribution in [0, 0.1) is 0 Å². The average molecular weight is 299 g/mol. The van der Waals surface area contributed by atoms with Crippen molar-refractivity contribution >= 4 is 27.4 Å². The third kappa shape index (κ3) is 3.31. The van der Waals surface area contributed by atoms with Crippen LogP contribution in [0.2, 0.25) is 0 Å². The van der Waals surface area contributed by atoms with Gasteiger partial charge in [-0.05, 0) is 42.5 Å². The zero-order chi connectivity index (χ0) is 14.5. The number of rotatable bonds is 6. The van der Waals surface area contributed by atoms with Crippen molar-refractivity contribution in [2.75, 3.05) is 18.5 Å². The van der Waals surface area contributed by atoms with Crippen LogP contribution in [-0.2, 0) is 6.42 Å². The van der Waals surface area contributed by atoms with Crippen molar-refractivity contribution in [2.24, 2.45) is 0 Å². The molecule has 2 heterocycles. The summed E-state index contributed by atoms with van der Waals surface area (Å²) in [7, 11) is 0. The second kappa shape index (κ2) is 6.54. The first-order valence-electron chi connectivity index (χ1n) is 7.00. The molecule has 4 nitrogen and oxygen atoms in total. The van der Waals surface area contributed by atoms with Crippen LogP contribution >= 0.6 is 11.3 Å². The monoisotopic (exact) mass is 299 g/mol. The molecule has 0 amide bonds. The van der Waals surface area contributed by atoms with E-state index < -0.39 is 0 Å². The zero-order valence-corrected chi connectivity index (χ0v) is 12.7. The van der Waals surface area contributed by atoms with Gasteiger partial charge in [-0.15, -0.1) is 11.3 Å². The normalized spacial score (nSPS) is 10.7. The van der Waals surface area contributed by atoms with Gasteiger partial charge in [-0.25, -0.2) is 9.97 Å². The fraction of sp³-hybridized carbons (Fsp3) is 0.250. The average Bonchev–Trinajstić information content (AvgIpc) is 2.99. The van der Waals surface area contributed by atoms with Gasteiger partial charge in [0.15, 0.2) is 0 Å². The molecule has 0 saturated heterocycles. The molecule has 0 saturated carbocycles. The molecule has 0 bridgehead atoms. The maximum atomic E-state index is 5.44. The fourth-order valence-corrected chi connectivity index (χ4v) is 2.97. The van der Waals surface area contributed by atoms with Gasteiger partial charge in [0, 0.05) is 6.54 Å². The van der Waals surface area contributed by atoms with Crippen LogP contribution in [0.1, 0.15) is 12.5 Å². The number of nitrogens with one attached hydrogen (secondary N) is 1. The Morgan fingerprint density at radius 1 is 1.14 bits per heavy atom. The molecule has 0 unspecified atom stereocenters. The van der Waals surface area contributed by atoms with E-state index in [1.54, 1.807) is 17.7 Å². The lowest BCUT2D eigenvalue weighted by Crippen LogP contribution is -2.06. The van der Waals surface area contributed by atoms with E-state index in [0.29, 0.717) is 6.61 Å². The second-order valence-electron chi connectivity index (χ2n) is 4.61. The molecule has 0 atom stereocenters. The van der Waals surface area contributed by atoms with Crippen molar-refractivity contribution < 1.29 is 4.74 Å². The number of ether oxygens (including phenoxy) is 1. The summed E-state index contributed by atoms with van der Waals surface area (Å²) >= 11 is 1.66. The van der Waals surface area contributed by atoms with E-state index in [1.807, 2.05) is 30.5 Å². The van der Waals surface area contributed by atoms with Gasteiger partial charge in [0.25, 0.3) is 0 Å². The lowest BCUT2D eigenvalue weighted by molar-refractivity contribution is 0.340. The van der Waals surface area contributed by atoms with Crippen LogP contribution in [0.15, 0.2) is 42.0 Å². The highest BCUT2D eigenvalue weighted by molar-refractivity contribution is 7.17. The topological polar surface area (TPSA) is 47.0 Å². The predicted molar refractivity (Wildman–Crippen MR) is 87.2 cm³/mol. The lowest BCUT2D eigenvalue weighted by atomic mass is 10.1. The van der Waals surface area contributed by atoms with Gasteiger partial charge in [-0.2, -0.15) is 0 Å². The maximum Gasteiger partial charge on any atom is 0.147 e. The van der Waals surface area contributed by atoms with E-state index in [9.17, 15) is 0 Å². The number of nitrogens with zero attached hydrogens (tertiary/aromatic N) is 2. The van der Waals surface area contributed by atoms with Crippen molar-refractivity contribution in [1.29, 1.82) is 0 Å². The summed E-state index contributed by atoms with van der Waals surface area (Å²) in [6.45, 7) is 3.54. The minimum Gasteiger partial charge on any atom is -0.494 e. The van der Waals surface area contributed by atoms with E-state index in [2.05, 4.69) is 27.4 Å². The minimum atomic E-state index is 0.700. The van der Waals surface area contributed by atoms with Crippen molar-refractivity contribution in [3.05, 3.63) is 47.6 Å². The van der Waals surface area contributed by atoms with Crippen LogP contribution in [0.4, 0.5) is 5.82 Å². The van der Waals surface area contributed by atoms with Crippen LogP contribution in [0.5, 0.6) is 5.75 Å². The van der Waals surface area contributed by atoms with Crippen LogP contribution in [0.3, 0.4) is 0 Å². The molecule has 1 aromatic carbocycles. The summed E-state index contributed by atoms with van der Waals surface area (Å²) in [4.78, 5) is 8.56. The standard InChI is InChI=1S/C16H17N3OS/c1-2-20-13-5-3-12(4-6-13)7-9-17-16-15-14(8-10-21-15)18-11-19-16/h3-6,8,10-11H,2,7,9H2,1H3,(H,17,18,19). The van der Waals surface area contributed by atoms with E-state index >= 15 is 0 Å². The zero-order valence-electron chi connectivity index (χ0n) is 11.9. The molecule has 1 N–H and O–H groups in total. The summed E-state index contributed by atoms with van der Waals surface area (Å²) in [6.07, 6.45) is 2.55. The highest BCUT2D eigenvalue weighted by Gasteiger charge is 2.04. The molecule has 108 valence electrons. The Balaban J connectivity index is 1.59. The molecule has 21 heavy (non-hydrogen) atoms. The van der Waals surface area contributed by atoms with Crippen molar-refractivity contribution in [3.8, 4) is 5.75 Å². The first-order valence-corrected chi connectivity index (χ1v) is 7.88. The summed E-state index contributed by atoms with van der Waals surface area (Å²) in [5.74, 6) is 1.84. The number of benzene rings is 1. The van der Waals surface area contributed by atoms with Gasteiger partial charge >= 0.3 is 0 Å². The summed E-state index contributed by atoms with van der Waals surface area (Å²) in [5, 5.41) is 5.43. The smallest absolute Gasteiger partial charge is 0.147 e. The largest absolute Gasteiger partial charge is 0.494 e. The van der Waals surface area contributed by atoms with Crippen molar-refractivity contribution in [3.63, 3.8) is 0 Å². The number of hydrogen-bond donors (Lipinski definition) is 1. The van der Waals surface area contributed by atoms with Gasteiger partial charge < -0.3 is 10.1 Å². The summed E-state index contributed by atoms with van der Waals surface area (Å²) in [6, 6.07) is 10.3. The predicted octanol–water partition coefficient (Wildman–Crippen LogP) is 3.74. The summed E-state index contributed by atoms with van der Waals surface area (Å²) < 4.78 is 6.56. The Hall–Kier alpha value is -2.14. The second-order valence-corrected chi connectivity index (χ2v) is 5.53. The minimum absolute atomic E-state index is 0.700. The van der Waals surface area contributed by atoms with E-state index in [-0.39, 0.29) is 0 Å². The van der Waals surface area contributed by atoms with Crippen LogP contribution < -0.4 is 10.1 Å². The van der Waals surface area contributed by atoms with Gasteiger partial charge in [0.1, 0.15) is 17.9 Å². The molecule has 3 aromatic rings. The number of fused-ring (bicyclic) bond motifs is 1. The third-order valence-corrected chi connectivity index (χ3v) is 4.09. The van der Waals surface area contributed by atoms with Gasteiger partial charge in [-0.1, -0.05) is 12.1 Å². The van der Waals surface area contributed by atoms with E-state index in [1.165, 1.54) is 5.56 Å². The SMILES string of the molecule is CCOc1ccc(CCNc2ncnc3ccsc23)cc1. The molecule has 0 aliphatic heterocycles. The first kappa shape index (κ1) is 13.8. The lowest BCUT2D eigenvalue weighted by Gasteiger charge is -2.07. The molecule has 2 aromatic heterocycles. The van der Waals surface area contributed by atoms with Gasteiger partial charge in [0.05, 0.1) is 16.8 Å². The Labute approximate surface area is 127 Å². The molecule has 0 spiro atoms. The third-order valence-electron chi connectivity index (χ3n) is 3.18. The Kier molecular flexibility index (Phi) is 4.31. The Morgan fingerprint density at radius 3 is 2.81 bits per heavy atom. The summed E-state index contributed by atoms with van der Waals surface area (Å²) in [5.41, 5.74) is 2.28. The van der Waals surface area contributed by atoms with Crippen LogP contribution in [-0.4, -0.2) is 23.1 Å².